The average molecular weight is 238 g/mol. The van der Waals surface area contributed by atoms with Crippen LogP contribution in [0.5, 0.6) is 0 Å². The number of rotatable bonds is 5. The monoisotopic (exact) mass is 238 g/mol. The van der Waals surface area contributed by atoms with Crippen LogP contribution in [0, 0.1) is 11.3 Å². The minimum Gasteiger partial charge on any atom is -0.454 e. The van der Waals surface area contributed by atoms with Crippen LogP contribution in [0.2, 0.25) is 0 Å². The van der Waals surface area contributed by atoms with Gasteiger partial charge in [-0.15, -0.1) is 0 Å². The van der Waals surface area contributed by atoms with Gasteiger partial charge >= 0.3 is 5.97 Å². The predicted octanol–water partition coefficient (Wildman–Crippen LogP) is 4.10. The third-order valence-electron chi connectivity index (χ3n) is 4.32. The second-order valence-corrected chi connectivity index (χ2v) is 6.00. The normalized spacial score (nSPS) is 20.9. The smallest absolute Gasteiger partial charge is 0.312 e. The summed E-state index contributed by atoms with van der Waals surface area (Å²) in [6.45, 7) is 11.8. The van der Waals surface area contributed by atoms with Crippen molar-refractivity contribution in [3.63, 3.8) is 0 Å². The summed E-state index contributed by atoms with van der Waals surface area (Å²) >= 11 is 0. The lowest BCUT2D eigenvalue weighted by atomic mass is 9.86. The van der Waals surface area contributed by atoms with Crippen LogP contribution in [0.3, 0.4) is 0 Å². The summed E-state index contributed by atoms with van der Waals surface area (Å²) < 4.78 is 5.77. The van der Waals surface area contributed by atoms with E-state index >= 15 is 0 Å². The maximum Gasteiger partial charge on any atom is 0.312 e. The van der Waals surface area contributed by atoms with Crippen LogP contribution in [0.15, 0.2) is 12.7 Å². The zero-order valence-corrected chi connectivity index (χ0v) is 11.7. The highest BCUT2D eigenvalue weighted by Crippen LogP contribution is 2.38. The lowest BCUT2D eigenvalue weighted by molar-refractivity contribution is -0.169. The van der Waals surface area contributed by atoms with Crippen molar-refractivity contribution in [2.24, 2.45) is 11.3 Å². The minimum atomic E-state index is -0.486. The van der Waals surface area contributed by atoms with Gasteiger partial charge in [0.2, 0.25) is 0 Å². The maximum absolute atomic E-state index is 12.2. The van der Waals surface area contributed by atoms with Gasteiger partial charge in [0.15, 0.2) is 0 Å². The Labute approximate surface area is 105 Å². The maximum atomic E-state index is 12.2. The highest BCUT2D eigenvalue weighted by atomic mass is 16.6. The SMILES string of the molecule is C=CC(C)(OC(=O)C(C)(C)CC)C1CCCC1. The van der Waals surface area contributed by atoms with E-state index in [1.54, 1.807) is 0 Å². The van der Waals surface area contributed by atoms with Crippen molar-refractivity contribution in [1.82, 2.24) is 0 Å². The Kier molecular flexibility index (Phi) is 4.40. The summed E-state index contributed by atoms with van der Waals surface area (Å²) in [4.78, 5) is 12.2. The number of ether oxygens (including phenoxy) is 1. The Bertz CT molecular complexity index is 287. The molecule has 0 N–H and O–H groups in total. The number of carbonyl (C=O) groups excluding carboxylic acids is 1. The second kappa shape index (κ2) is 5.24. The first-order valence-corrected chi connectivity index (χ1v) is 6.73. The van der Waals surface area contributed by atoms with Gasteiger partial charge in [-0.25, -0.2) is 0 Å². The molecule has 0 radical (unpaired) electrons. The van der Waals surface area contributed by atoms with Crippen molar-refractivity contribution in [2.45, 2.75) is 65.4 Å². The Morgan fingerprint density at radius 2 is 1.88 bits per heavy atom. The third-order valence-corrected chi connectivity index (χ3v) is 4.32. The average Bonchev–Trinajstić information content (AvgIpc) is 2.82. The molecule has 0 aromatic carbocycles. The van der Waals surface area contributed by atoms with Gasteiger partial charge in [0.1, 0.15) is 5.60 Å². The molecule has 0 aromatic heterocycles. The van der Waals surface area contributed by atoms with Gasteiger partial charge < -0.3 is 4.74 Å². The Morgan fingerprint density at radius 3 is 2.29 bits per heavy atom. The van der Waals surface area contributed by atoms with E-state index < -0.39 is 11.0 Å². The molecule has 0 heterocycles. The highest BCUT2D eigenvalue weighted by Gasteiger charge is 2.40. The van der Waals surface area contributed by atoms with Crippen LogP contribution in [0.25, 0.3) is 0 Å². The standard InChI is InChI=1S/C15H26O2/c1-6-14(3,4)13(16)17-15(5,7-2)12-10-8-9-11-12/h7,12H,2,6,8-11H2,1,3-5H3. The van der Waals surface area contributed by atoms with Crippen molar-refractivity contribution in [3.05, 3.63) is 12.7 Å². The molecule has 1 rings (SSSR count). The van der Waals surface area contributed by atoms with E-state index in [9.17, 15) is 4.79 Å². The van der Waals surface area contributed by atoms with Crippen LogP contribution < -0.4 is 0 Å². The van der Waals surface area contributed by atoms with E-state index in [4.69, 9.17) is 4.74 Å². The molecule has 0 amide bonds. The van der Waals surface area contributed by atoms with Gasteiger partial charge in [0.05, 0.1) is 5.41 Å². The van der Waals surface area contributed by atoms with Gasteiger partial charge in [0, 0.05) is 5.92 Å². The van der Waals surface area contributed by atoms with E-state index in [-0.39, 0.29) is 5.97 Å². The van der Waals surface area contributed by atoms with Gasteiger partial charge in [-0.3, -0.25) is 4.79 Å². The molecule has 1 fully saturated rings. The molecule has 17 heavy (non-hydrogen) atoms. The molecule has 0 aliphatic heterocycles. The van der Waals surface area contributed by atoms with Crippen LogP contribution in [0.1, 0.15) is 59.8 Å². The molecule has 0 spiro atoms. The highest BCUT2D eigenvalue weighted by molar-refractivity contribution is 5.76. The van der Waals surface area contributed by atoms with Crippen molar-refractivity contribution in [3.8, 4) is 0 Å². The van der Waals surface area contributed by atoms with Crippen molar-refractivity contribution in [1.29, 1.82) is 0 Å². The molecule has 0 saturated heterocycles. The third kappa shape index (κ3) is 3.11. The Morgan fingerprint density at radius 1 is 1.35 bits per heavy atom. The number of hydrogen-bond donors (Lipinski definition) is 0. The molecule has 98 valence electrons. The van der Waals surface area contributed by atoms with Crippen LogP contribution in [-0.4, -0.2) is 11.6 Å². The number of hydrogen-bond acceptors (Lipinski definition) is 2. The lowest BCUT2D eigenvalue weighted by Crippen LogP contribution is -2.40. The quantitative estimate of drug-likeness (QED) is 0.532. The summed E-state index contributed by atoms with van der Waals surface area (Å²) in [6.07, 6.45) is 7.37. The molecule has 1 aliphatic rings. The molecule has 0 bridgehead atoms. The summed E-state index contributed by atoms with van der Waals surface area (Å²) in [6, 6.07) is 0. The molecule has 2 nitrogen and oxygen atoms in total. The number of carbonyl (C=O) groups is 1. The summed E-state index contributed by atoms with van der Waals surface area (Å²) in [7, 11) is 0. The molecule has 2 heteroatoms. The Hall–Kier alpha value is -0.790. The van der Waals surface area contributed by atoms with Crippen molar-refractivity contribution >= 4 is 5.97 Å². The van der Waals surface area contributed by atoms with E-state index in [0.717, 1.165) is 19.3 Å². The first kappa shape index (κ1) is 14.3. The van der Waals surface area contributed by atoms with E-state index in [1.807, 2.05) is 33.8 Å². The largest absolute Gasteiger partial charge is 0.454 e. The summed E-state index contributed by atoms with van der Waals surface area (Å²) in [5.41, 5.74) is -0.886. The number of esters is 1. The van der Waals surface area contributed by atoms with E-state index in [2.05, 4.69) is 6.58 Å². The predicted molar refractivity (Wildman–Crippen MR) is 70.7 cm³/mol. The molecule has 1 atom stereocenters. The Balaban J connectivity index is 2.75. The van der Waals surface area contributed by atoms with Crippen molar-refractivity contribution < 1.29 is 9.53 Å². The van der Waals surface area contributed by atoms with Gasteiger partial charge in [-0.1, -0.05) is 26.3 Å². The summed E-state index contributed by atoms with van der Waals surface area (Å²) in [5.74, 6) is 0.339. The molecular formula is C15H26O2. The van der Waals surface area contributed by atoms with Gasteiger partial charge in [-0.2, -0.15) is 0 Å². The van der Waals surface area contributed by atoms with Crippen molar-refractivity contribution in [2.75, 3.05) is 0 Å². The van der Waals surface area contributed by atoms with E-state index in [1.165, 1.54) is 12.8 Å². The molecule has 1 unspecified atom stereocenters. The zero-order chi connectivity index (χ0) is 13.1. The molecular weight excluding hydrogens is 212 g/mol. The van der Waals surface area contributed by atoms with E-state index in [0.29, 0.717) is 5.92 Å². The fourth-order valence-corrected chi connectivity index (χ4v) is 2.27. The minimum absolute atomic E-state index is 0.102. The second-order valence-electron chi connectivity index (χ2n) is 6.00. The lowest BCUT2D eigenvalue weighted by Gasteiger charge is -2.35. The van der Waals surface area contributed by atoms with Crippen LogP contribution >= 0.6 is 0 Å². The van der Waals surface area contributed by atoms with Crippen LogP contribution in [-0.2, 0) is 9.53 Å². The van der Waals surface area contributed by atoms with Gasteiger partial charge in [-0.05, 0) is 46.1 Å². The zero-order valence-electron chi connectivity index (χ0n) is 11.7. The summed E-state index contributed by atoms with van der Waals surface area (Å²) in [5, 5.41) is 0. The molecule has 0 aromatic rings. The molecule has 1 aliphatic carbocycles. The van der Waals surface area contributed by atoms with Crippen LogP contribution in [0.4, 0.5) is 0 Å². The fourth-order valence-electron chi connectivity index (χ4n) is 2.27. The van der Waals surface area contributed by atoms with Gasteiger partial charge in [0.25, 0.3) is 0 Å². The molecule has 1 saturated carbocycles. The first-order chi connectivity index (χ1) is 7.85. The first-order valence-electron chi connectivity index (χ1n) is 6.73. The fraction of sp³-hybridized carbons (Fsp3) is 0.800. The topological polar surface area (TPSA) is 26.3 Å².